The molecule has 23 heavy (non-hydrogen) atoms. The Morgan fingerprint density at radius 2 is 1.17 bits per heavy atom. The van der Waals surface area contributed by atoms with Crippen molar-refractivity contribution in [2.24, 2.45) is 0 Å². The van der Waals surface area contributed by atoms with Gasteiger partial charge in [-0.05, 0) is 33.3 Å². The summed E-state index contributed by atoms with van der Waals surface area (Å²) in [6.45, 7) is 7.55. The van der Waals surface area contributed by atoms with E-state index in [1.807, 2.05) is 76.2 Å². The number of halogens is 1. The molecule has 0 aliphatic heterocycles. The number of ether oxygens (including phenoxy) is 2. The maximum atomic E-state index is 15.6. The fraction of sp³-hybridized carbons (Fsp3) is 0.400. The van der Waals surface area contributed by atoms with E-state index in [-0.39, 0.29) is 12.2 Å². The van der Waals surface area contributed by atoms with Crippen LogP contribution in [0.25, 0.3) is 0 Å². The summed E-state index contributed by atoms with van der Waals surface area (Å²) >= 11 is 0. The minimum Gasteiger partial charge on any atom is -0.341 e. The molecule has 2 aromatic carbocycles. The van der Waals surface area contributed by atoms with Crippen molar-refractivity contribution in [1.29, 1.82) is 0 Å². The van der Waals surface area contributed by atoms with E-state index in [0.29, 0.717) is 11.1 Å². The van der Waals surface area contributed by atoms with Crippen molar-refractivity contribution in [3.8, 4) is 0 Å². The zero-order chi connectivity index (χ0) is 16.9. The number of alkyl halides is 1. The Labute approximate surface area is 138 Å². The summed E-state index contributed by atoms with van der Waals surface area (Å²) in [7, 11) is 0. The minimum atomic E-state index is -1.47. The highest BCUT2D eigenvalue weighted by molar-refractivity contribution is 5.28. The molecule has 2 rings (SSSR count). The van der Waals surface area contributed by atoms with Crippen LogP contribution in [0, 0.1) is 0 Å². The van der Waals surface area contributed by atoms with Crippen LogP contribution in [0.15, 0.2) is 60.7 Å². The Bertz CT molecular complexity index is 571. The van der Waals surface area contributed by atoms with Crippen LogP contribution in [0.4, 0.5) is 4.39 Å². The van der Waals surface area contributed by atoms with Gasteiger partial charge in [-0.1, -0.05) is 60.7 Å². The third-order valence-electron chi connectivity index (χ3n) is 3.42. The van der Waals surface area contributed by atoms with Gasteiger partial charge in [-0.3, -0.25) is 0 Å². The third-order valence-corrected chi connectivity index (χ3v) is 3.42. The second-order valence-electron chi connectivity index (χ2n) is 6.14. The largest absolute Gasteiger partial charge is 0.341 e. The second-order valence-corrected chi connectivity index (χ2v) is 6.14. The number of hydrogen-bond donors (Lipinski definition) is 0. The Hall–Kier alpha value is -1.71. The normalized spacial score (nSPS) is 13.5. The fourth-order valence-corrected chi connectivity index (χ4v) is 2.64. The average Bonchev–Trinajstić information content (AvgIpc) is 2.54. The summed E-state index contributed by atoms with van der Waals surface area (Å²) in [5.74, 6) is -1.47. The monoisotopic (exact) mass is 316 g/mol. The molecule has 2 aromatic rings. The molecule has 1 atom stereocenters. The maximum Gasteiger partial charge on any atom is 0.232 e. The lowest BCUT2D eigenvalue weighted by Crippen LogP contribution is -2.42. The van der Waals surface area contributed by atoms with Gasteiger partial charge in [-0.25, -0.2) is 4.39 Å². The highest BCUT2D eigenvalue weighted by Gasteiger charge is 2.46. The van der Waals surface area contributed by atoms with Gasteiger partial charge < -0.3 is 9.47 Å². The molecule has 0 N–H and O–H groups in total. The van der Waals surface area contributed by atoms with Gasteiger partial charge in [0.25, 0.3) is 0 Å². The van der Waals surface area contributed by atoms with Gasteiger partial charge in [-0.15, -0.1) is 0 Å². The molecular weight excluding hydrogens is 291 g/mol. The van der Waals surface area contributed by atoms with Crippen molar-refractivity contribution in [2.75, 3.05) is 0 Å². The minimum absolute atomic E-state index is 0.184. The van der Waals surface area contributed by atoms with Crippen molar-refractivity contribution < 1.29 is 13.9 Å². The fourth-order valence-electron chi connectivity index (χ4n) is 2.64. The quantitative estimate of drug-likeness (QED) is 0.637. The molecule has 0 aliphatic carbocycles. The molecular formula is C20H25FO2. The van der Waals surface area contributed by atoms with Gasteiger partial charge in [0, 0.05) is 5.56 Å². The van der Waals surface area contributed by atoms with Crippen LogP contribution >= 0.6 is 0 Å². The molecule has 0 radical (unpaired) electrons. The van der Waals surface area contributed by atoms with E-state index in [1.165, 1.54) is 0 Å². The van der Waals surface area contributed by atoms with Crippen LogP contribution in [0.1, 0.15) is 45.0 Å². The molecule has 0 fully saturated rings. The van der Waals surface area contributed by atoms with Crippen LogP contribution in [-0.4, -0.2) is 12.2 Å². The SMILES string of the molecule is CC(C)OC(OC(C)C)(c1ccccc1)C(F)c1ccccc1. The summed E-state index contributed by atoms with van der Waals surface area (Å²) < 4.78 is 27.7. The lowest BCUT2D eigenvalue weighted by Gasteiger charge is -2.39. The Morgan fingerprint density at radius 3 is 1.61 bits per heavy atom. The molecule has 0 saturated heterocycles. The third kappa shape index (κ3) is 4.18. The Kier molecular flexibility index (Phi) is 5.91. The van der Waals surface area contributed by atoms with E-state index < -0.39 is 12.0 Å². The molecule has 0 spiro atoms. The van der Waals surface area contributed by atoms with Crippen molar-refractivity contribution in [3.05, 3.63) is 71.8 Å². The summed E-state index contributed by atoms with van der Waals surface area (Å²) in [5.41, 5.74) is 1.22. The lowest BCUT2D eigenvalue weighted by molar-refractivity contribution is -0.309. The van der Waals surface area contributed by atoms with E-state index >= 15 is 4.39 Å². The number of hydrogen-bond acceptors (Lipinski definition) is 2. The topological polar surface area (TPSA) is 18.5 Å². The summed E-state index contributed by atoms with van der Waals surface area (Å²) in [4.78, 5) is 0. The molecule has 1 unspecified atom stereocenters. The van der Waals surface area contributed by atoms with Gasteiger partial charge in [-0.2, -0.15) is 0 Å². The molecule has 0 heterocycles. The summed E-state index contributed by atoms with van der Waals surface area (Å²) in [6.07, 6.45) is -1.80. The van der Waals surface area contributed by atoms with Crippen molar-refractivity contribution in [2.45, 2.75) is 51.9 Å². The van der Waals surface area contributed by atoms with E-state index in [9.17, 15) is 0 Å². The van der Waals surface area contributed by atoms with Crippen molar-refractivity contribution in [1.82, 2.24) is 0 Å². The maximum absolute atomic E-state index is 15.6. The highest BCUT2D eigenvalue weighted by Crippen LogP contribution is 2.44. The van der Waals surface area contributed by atoms with Crippen molar-refractivity contribution in [3.63, 3.8) is 0 Å². The highest BCUT2D eigenvalue weighted by atomic mass is 19.1. The average molecular weight is 316 g/mol. The molecule has 0 saturated carbocycles. The lowest BCUT2D eigenvalue weighted by atomic mass is 9.94. The van der Waals surface area contributed by atoms with Crippen LogP contribution in [0.5, 0.6) is 0 Å². The van der Waals surface area contributed by atoms with E-state index in [2.05, 4.69) is 0 Å². The van der Waals surface area contributed by atoms with Gasteiger partial charge in [0.2, 0.25) is 5.79 Å². The van der Waals surface area contributed by atoms with Crippen LogP contribution < -0.4 is 0 Å². The Balaban J connectivity index is 2.55. The standard InChI is InChI=1S/C20H25FO2/c1-15(2)22-20(23-16(3)4,18-13-9-6-10-14-18)19(21)17-11-7-5-8-12-17/h5-16,19H,1-4H3. The van der Waals surface area contributed by atoms with Crippen LogP contribution in [-0.2, 0) is 15.3 Å². The number of rotatable bonds is 7. The molecule has 0 aliphatic rings. The predicted molar refractivity (Wildman–Crippen MR) is 90.9 cm³/mol. The molecule has 0 amide bonds. The molecule has 3 heteroatoms. The first-order valence-corrected chi connectivity index (χ1v) is 8.06. The molecule has 0 bridgehead atoms. The smallest absolute Gasteiger partial charge is 0.232 e. The van der Waals surface area contributed by atoms with E-state index in [4.69, 9.17) is 9.47 Å². The first-order chi connectivity index (χ1) is 11.0. The van der Waals surface area contributed by atoms with E-state index in [0.717, 1.165) is 0 Å². The molecule has 124 valence electrons. The van der Waals surface area contributed by atoms with Gasteiger partial charge in [0.05, 0.1) is 12.2 Å². The predicted octanol–water partition coefficient (Wildman–Crippen LogP) is 5.40. The van der Waals surface area contributed by atoms with Crippen LogP contribution in [0.2, 0.25) is 0 Å². The first-order valence-electron chi connectivity index (χ1n) is 8.06. The summed E-state index contributed by atoms with van der Waals surface area (Å²) in [6, 6.07) is 18.4. The second kappa shape index (κ2) is 7.71. The number of benzene rings is 2. The first kappa shape index (κ1) is 17.6. The zero-order valence-electron chi connectivity index (χ0n) is 14.2. The zero-order valence-corrected chi connectivity index (χ0v) is 14.2. The van der Waals surface area contributed by atoms with Gasteiger partial charge >= 0.3 is 0 Å². The van der Waals surface area contributed by atoms with Crippen molar-refractivity contribution >= 4 is 0 Å². The summed E-state index contributed by atoms with van der Waals surface area (Å²) in [5, 5.41) is 0. The van der Waals surface area contributed by atoms with Crippen LogP contribution in [0.3, 0.4) is 0 Å². The molecule has 0 aromatic heterocycles. The van der Waals surface area contributed by atoms with Gasteiger partial charge in [0.1, 0.15) is 0 Å². The van der Waals surface area contributed by atoms with Gasteiger partial charge in [0.15, 0.2) is 6.17 Å². The van der Waals surface area contributed by atoms with E-state index in [1.54, 1.807) is 12.1 Å². The Morgan fingerprint density at radius 1 is 0.739 bits per heavy atom. The molecule has 2 nitrogen and oxygen atoms in total.